The van der Waals surface area contributed by atoms with E-state index in [2.05, 4.69) is 13.0 Å². The molecule has 4 aliphatic carbocycles. The third-order valence-electron chi connectivity index (χ3n) is 8.06. The number of hydrogen-bond acceptors (Lipinski definition) is 4. The number of Topliss-reactive ketones (excluding diaryl/α,β-unsaturated/α-hetero) is 1. The first-order chi connectivity index (χ1) is 11.9. The predicted molar refractivity (Wildman–Crippen MR) is 100 cm³/mol. The van der Waals surface area contributed by atoms with Crippen LogP contribution in [0.15, 0.2) is 11.6 Å². The lowest BCUT2D eigenvalue weighted by atomic mass is 9.47. The van der Waals surface area contributed by atoms with Crippen molar-refractivity contribution in [1.82, 2.24) is 0 Å². The van der Waals surface area contributed by atoms with Crippen molar-refractivity contribution in [3.8, 4) is 0 Å². The molecule has 0 radical (unpaired) electrons. The molecule has 0 aromatic carbocycles. The molecule has 3 fully saturated rings. The molecule has 4 heteroatoms. The number of carbonyl (C=O) groups is 2. The third-order valence-corrected chi connectivity index (χ3v) is 9.12. The SMILES string of the molecule is CC(=O)SC[C@]12CCC(O)C=C1CC[C@@H]1[C@@H]2CC[C@]2(C)C(=O)CC[C@@H]12. The van der Waals surface area contributed by atoms with Crippen LogP contribution in [0.3, 0.4) is 0 Å². The van der Waals surface area contributed by atoms with E-state index in [4.69, 9.17) is 0 Å². The molecule has 4 rings (SSSR count). The van der Waals surface area contributed by atoms with Crippen molar-refractivity contribution >= 4 is 22.7 Å². The van der Waals surface area contributed by atoms with E-state index in [0.29, 0.717) is 23.5 Å². The van der Waals surface area contributed by atoms with Crippen LogP contribution in [0.2, 0.25) is 0 Å². The summed E-state index contributed by atoms with van der Waals surface area (Å²) in [5, 5.41) is 10.4. The van der Waals surface area contributed by atoms with Gasteiger partial charge in [0.15, 0.2) is 5.12 Å². The fraction of sp³-hybridized carbons (Fsp3) is 0.810. The largest absolute Gasteiger partial charge is 0.389 e. The van der Waals surface area contributed by atoms with Gasteiger partial charge in [-0.05, 0) is 62.7 Å². The number of aliphatic hydroxyl groups excluding tert-OH is 1. The molecule has 3 saturated carbocycles. The molecule has 1 unspecified atom stereocenters. The van der Waals surface area contributed by atoms with Crippen molar-refractivity contribution in [2.45, 2.75) is 71.3 Å². The molecule has 0 amide bonds. The summed E-state index contributed by atoms with van der Waals surface area (Å²) in [6, 6.07) is 0. The van der Waals surface area contributed by atoms with Gasteiger partial charge < -0.3 is 5.11 Å². The van der Waals surface area contributed by atoms with Gasteiger partial charge in [-0.2, -0.15) is 0 Å². The molecule has 6 atom stereocenters. The summed E-state index contributed by atoms with van der Waals surface area (Å²) in [7, 11) is 0. The number of rotatable bonds is 2. The minimum atomic E-state index is -0.316. The number of carbonyl (C=O) groups excluding carboxylic acids is 2. The fourth-order valence-electron chi connectivity index (χ4n) is 6.77. The van der Waals surface area contributed by atoms with Crippen molar-refractivity contribution in [1.29, 1.82) is 0 Å². The van der Waals surface area contributed by atoms with E-state index >= 15 is 0 Å². The smallest absolute Gasteiger partial charge is 0.185 e. The number of hydrogen-bond donors (Lipinski definition) is 1. The number of allylic oxidation sites excluding steroid dienone is 1. The minimum absolute atomic E-state index is 0.0749. The monoisotopic (exact) mass is 362 g/mol. The van der Waals surface area contributed by atoms with Gasteiger partial charge in [-0.25, -0.2) is 0 Å². The highest BCUT2D eigenvalue weighted by Gasteiger charge is 2.60. The van der Waals surface area contributed by atoms with Crippen LogP contribution in [-0.4, -0.2) is 27.9 Å². The van der Waals surface area contributed by atoms with E-state index in [-0.39, 0.29) is 22.0 Å². The van der Waals surface area contributed by atoms with Gasteiger partial charge in [0.1, 0.15) is 5.78 Å². The summed E-state index contributed by atoms with van der Waals surface area (Å²) in [5.41, 5.74) is 1.39. The van der Waals surface area contributed by atoms with Crippen LogP contribution in [0.4, 0.5) is 0 Å². The Morgan fingerprint density at radius 1 is 1.20 bits per heavy atom. The average Bonchev–Trinajstić information content (AvgIpc) is 2.88. The first-order valence-electron chi connectivity index (χ1n) is 9.93. The molecule has 0 aromatic heterocycles. The maximum absolute atomic E-state index is 12.5. The van der Waals surface area contributed by atoms with Gasteiger partial charge in [-0.15, -0.1) is 0 Å². The quantitative estimate of drug-likeness (QED) is 0.750. The van der Waals surface area contributed by atoms with Crippen LogP contribution >= 0.6 is 11.8 Å². The highest BCUT2D eigenvalue weighted by molar-refractivity contribution is 8.13. The maximum atomic E-state index is 12.5. The first-order valence-corrected chi connectivity index (χ1v) is 10.9. The molecule has 3 nitrogen and oxygen atoms in total. The Labute approximate surface area is 155 Å². The Bertz CT molecular complexity index is 627. The summed E-state index contributed by atoms with van der Waals surface area (Å²) in [5.74, 6) is 3.08. The summed E-state index contributed by atoms with van der Waals surface area (Å²) in [6.45, 7) is 3.88. The van der Waals surface area contributed by atoms with Crippen molar-refractivity contribution in [2.75, 3.05) is 5.75 Å². The van der Waals surface area contributed by atoms with Crippen LogP contribution in [-0.2, 0) is 9.59 Å². The fourth-order valence-corrected chi connectivity index (χ4v) is 7.78. The lowest BCUT2D eigenvalue weighted by molar-refractivity contribution is -0.132. The molecule has 1 N–H and O–H groups in total. The van der Waals surface area contributed by atoms with Gasteiger partial charge in [0.25, 0.3) is 0 Å². The molecule has 0 spiro atoms. The number of aliphatic hydroxyl groups is 1. The average molecular weight is 363 g/mol. The van der Waals surface area contributed by atoms with Crippen molar-refractivity contribution in [2.24, 2.45) is 28.6 Å². The second-order valence-electron chi connectivity index (χ2n) is 9.07. The summed E-state index contributed by atoms with van der Waals surface area (Å²) < 4.78 is 0. The standard InChI is InChI=1S/C21H30O3S/c1-13(22)25-12-21-10-7-15(23)11-14(21)3-4-16-17-5-6-19(24)20(17,2)9-8-18(16)21/h11,15-18,23H,3-10,12H2,1-2H3/t15?,16-,17-,18-,20-,21+/m0/s1. The lowest BCUT2D eigenvalue weighted by Crippen LogP contribution is -2.53. The number of ketones is 1. The molecular formula is C21H30O3S. The number of thioether (sulfide) groups is 1. The van der Waals surface area contributed by atoms with Crippen molar-refractivity contribution in [3.05, 3.63) is 11.6 Å². The Kier molecular flexibility index (Phi) is 4.43. The maximum Gasteiger partial charge on any atom is 0.185 e. The normalized spacial score (nSPS) is 46.0. The Hall–Kier alpha value is -0.610. The van der Waals surface area contributed by atoms with Gasteiger partial charge in [-0.1, -0.05) is 30.3 Å². The zero-order chi connectivity index (χ0) is 17.8. The highest BCUT2D eigenvalue weighted by atomic mass is 32.2. The molecule has 0 aliphatic heterocycles. The number of fused-ring (bicyclic) bond motifs is 5. The minimum Gasteiger partial charge on any atom is -0.389 e. The van der Waals surface area contributed by atoms with Crippen LogP contribution in [0.5, 0.6) is 0 Å². The third kappa shape index (κ3) is 2.66. The van der Waals surface area contributed by atoms with Gasteiger partial charge >= 0.3 is 0 Å². The van der Waals surface area contributed by atoms with Gasteiger partial charge in [-0.3, -0.25) is 9.59 Å². The molecule has 0 bridgehead atoms. The topological polar surface area (TPSA) is 54.4 Å². The van der Waals surface area contributed by atoms with E-state index in [1.807, 2.05) is 0 Å². The predicted octanol–water partition coefficient (Wildman–Crippen LogP) is 4.14. The van der Waals surface area contributed by atoms with Gasteiger partial charge in [0.2, 0.25) is 0 Å². The second kappa shape index (κ2) is 6.23. The van der Waals surface area contributed by atoms with Crippen molar-refractivity contribution < 1.29 is 14.7 Å². The zero-order valence-electron chi connectivity index (χ0n) is 15.4. The van der Waals surface area contributed by atoms with Gasteiger partial charge in [0, 0.05) is 29.9 Å². The van der Waals surface area contributed by atoms with Crippen LogP contribution < -0.4 is 0 Å². The Morgan fingerprint density at radius 2 is 2.00 bits per heavy atom. The van der Waals surface area contributed by atoms with Gasteiger partial charge in [0.05, 0.1) is 6.10 Å². The van der Waals surface area contributed by atoms with E-state index in [1.54, 1.807) is 6.92 Å². The Morgan fingerprint density at radius 3 is 2.76 bits per heavy atom. The lowest BCUT2D eigenvalue weighted by Gasteiger charge is -2.58. The second-order valence-corrected chi connectivity index (χ2v) is 10.2. The van der Waals surface area contributed by atoms with Crippen LogP contribution in [0, 0.1) is 28.6 Å². The van der Waals surface area contributed by atoms with Crippen LogP contribution in [0.25, 0.3) is 0 Å². The summed E-state index contributed by atoms with van der Waals surface area (Å²) in [6.07, 6.45) is 9.74. The first kappa shape index (κ1) is 17.8. The van der Waals surface area contributed by atoms with E-state index in [1.165, 1.54) is 17.3 Å². The van der Waals surface area contributed by atoms with E-state index < -0.39 is 0 Å². The molecule has 4 aliphatic rings. The van der Waals surface area contributed by atoms with E-state index in [0.717, 1.165) is 57.1 Å². The molecular weight excluding hydrogens is 332 g/mol. The zero-order valence-corrected chi connectivity index (χ0v) is 16.2. The summed E-state index contributed by atoms with van der Waals surface area (Å²) in [4.78, 5) is 24.2. The molecule has 25 heavy (non-hydrogen) atoms. The van der Waals surface area contributed by atoms with Crippen molar-refractivity contribution in [3.63, 3.8) is 0 Å². The van der Waals surface area contributed by atoms with Crippen LogP contribution in [0.1, 0.15) is 65.2 Å². The molecule has 0 saturated heterocycles. The highest BCUT2D eigenvalue weighted by Crippen LogP contribution is 2.65. The molecule has 0 aromatic rings. The molecule has 0 heterocycles. The summed E-state index contributed by atoms with van der Waals surface area (Å²) >= 11 is 1.47. The van der Waals surface area contributed by atoms with E-state index in [9.17, 15) is 14.7 Å². The molecule has 138 valence electrons. The Balaban J connectivity index is 1.69.